The molecule has 3 aromatic rings. The number of nitrogens with one attached hydrogen (secondary N) is 1. The number of amides is 1. The molecule has 0 radical (unpaired) electrons. The number of benzene rings is 3. The van der Waals surface area contributed by atoms with Gasteiger partial charge < -0.3 is 14.8 Å². The van der Waals surface area contributed by atoms with Crippen molar-refractivity contribution in [2.24, 2.45) is 0 Å². The second-order valence-electron chi connectivity index (χ2n) is 6.68. The van der Waals surface area contributed by atoms with Crippen LogP contribution in [-0.4, -0.2) is 12.5 Å². The summed E-state index contributed by atoms with van der Waals surface area (Å²) in [4.78, 5) is 12.8. The van der Waals surface area contributed by atoms with Gasteiger partial charge in [0.25, 0.3) is 5.91 Å². The molecule has 3 rings (SSSR count). The van der Waals surface area contributed by atoms with E-state index >= 15 is 0 Å². The molecule has 3 aromatic carbocycles. The summed E-state index contributed by atoms with van der Waals surface area (Å²) in [5, 5.41) is 3.54. The lowest BCUT2D eigenvalue weighted by Gasteiger charge is -2.15. The van der Waals surface area contributed by atoms with Crippen LogP contribution in [0, 0.1) is 13.8 Å². The molecule has 0 unspecified atom stereocenters. The molecule has 0 spiro atoms. The summed E-state index contributed by atoms with van der Waals surface area (Å²) in [6.45, 7) is 6.63. The highest BCUT2D eigenvalue weighted by molar-refractivity contribution is 6.31. The number of rotatable bonds is 7. The summed E-state index contributed by atoms with van der Waals surface area (Å²) < 4.78 is 11.7. The summed E-state index contributed by atoms with van der Waals surface area (Å²) in [6.07, 6.45) is 0. The fourth-order valence-corrected chi connectivity index (χ4v) is 3.12. The number of halogens is 1. The third-order valence-electron chi connectivity index (χ3n) is 4.62. The van der Waals surface area contributed by atoms with Crippen LogP contribution < -0.4 is 14.8 Å². The van der Waals surface area contributed by atoms with Crippen molar-refractivity contribution < 1.29 is 14.3 Å². The number of para-hydroxylation sites is 1. The Morgan fingerprint density at radius 2 is 1.76 bits per heavy atom. The van der Waals surface area contributed by atoms with Crippen molar-refractivity contribution in [2.75, 3.05) is 11.9 Å². The average Bonchev–Trinajstić information content (AvgIpc) is 2.72. The molecular formula is C24H24ClNO3. The van der Waals surface area contributed by atoms with Crippen LogP contribution in [0.3, 0.4) is 0 Å². The molecule has 150 valence electrons. The Hall–Kier alpha value is -2.98. The van der Waals surface area contributed by atoms with E-state index in [9.17, 15) is 4.79 Å². The van der Waals surface area contributed by atoms with E-state index in [-0.39, 0.29) is 5.91 Å². The minimum Gasteiger partial charge on any atom is -0.493 e. The predicted molar refractivity (Wildman–Crippen MR) is 117 cm³/mol. The molecule has 0 atom stereocenters. The monoisotopic (exact) mass is 409 g/mol. The van der Waals surface area contributed by atoms with Gasteiger partial charge in [0.05, 0.1) is 6.61 Å². The summed E-state index contributed by atoms with van der Waals surface area (Å²) in [7, 11) is 0. The van der Waals surface area contributed by atoms with Gasteiger partial charge in [-0.1, -0.05) is 35.9 Å². The van der Waals surface area contributed by atoms with Crippen LogP contribution in [0.5, 0.6) is 11.5 Å². The fraction of sp³-hybridized carbons (Fsp3) is 0.208. The number of ether oxygens (including phenoxy) is 2. The average molecular weight is 410 g/mol. The first kappa shape index (κ1) is 20.7. The summed E-state index contributed by atoms with van der Waals surface area (Å²) in [6, 6.07) is 18.6. The van der Waals surface area contributed by atoms with Crippen LogP contribution in [0.25, 0.3) is 0 Å². The van der Waals surface area contributed by atoms with Gasteiger partial charge in [-0.15, -0.1) is 0 Å². The first-order valence-corrected chi connectivity index (χ1v) is 9.88. The molecule has 0 aliphatic carbocycles. The van der Waals surface area contributed by atoms with Gasteiger partial charge in [-0.3, -0.25) is 4.79 Å². The molecule has 0 fully saturated rings. The number of hydrogen-bond acceptors (Lipinski definition) is 3. The Bertz CT molecular complexity index is 1020. The second kappa shape index (κ2) is 9.48. The third-order valence-corrected chi connectivity index (χ3v) is 5.02. The minimum absolute atomic E-state index is 0.212. The largest absolute Gasteiger partial charge is 0.493 e. The molecule has 0 saturated carbocycles. The topological polar surface area (TPSA) is 47.6 Å². The van der Waals surface area contributed by atoms with Crippen LogP contribution in [0.1, 0.15) is 34.0 Å². The van der Waals surface area contributed by atoms with Crippen molar-refractivity contribution in [2.45, 2.75) is 27.4 Å². The molecule has 0 aliphatic rings. The van der Waals surface area contributed by atoms with Crippen LogP contribution in [0.4, 0.5) is 5.69 Å². The van der Waals surface area contributed by atoms with E-state index in [0.29, 0.717) is 35.2 Å². The molecule has 5 heteroatoms. The van der Waals surface area contributed by atoms with E-state index in [2.05, 4.69) is 5.32 Å². The van der Waals surface area contributed by atoms with Crippen LogP contribution >= 0.6 is 11.6 Å². The Morgan fingerprint density at radius 3 is 2.52 bits per heavy atom. The Kier molecular flexibility index (Phi) is 6.78. The second-order valence-corrected chi connectivity index (χ2v) is 7.08. The van der Waals surface area contributed by atoms with Crippen LogP contribution in [0.15, 0.2) is 60.7 Å². The van der Waals surface area contributed by atoms with E-state index in [1.165, 1.54) is 0 Å². The Morgan fingerprint density at radius 1 is 0.966 bits per heavy atom. The maximum absolute atomic E-state index is 12.8. The van der Waals surface area contributed by atoms with Crippen molar-refractivity contribution >= 4 is 23.2 Å². The van der Waals surface area contributed by atoms with Gasteiger partial charge in [0.2, 0.25) is 0 Å². The van der Waals surface area contributed by atoms with Gasteiger partial charge in [-0.05, 0) is 68.3 Å². The molecule has 1 amide bonds. The molecule has 1 N–H and O–H groups in total. The zero-order valence-corrected chi connectivity index (χ0v) is 17.5. The number of carbonyl (C=O) groups is 1. The lowest BCUT2D eigenvalue weighted by atomic mass is 10.1. The number of anilines is 1. The number of carbonyl (C=O) groups excluding carboxylic acids is 1. The molecule has 4 nitrogen and oxygen atoms in total. The molecule has 29 heavy (non-hydrogen) atoms. The van der Waals surface area contributed by atoms with E-state index < -0.39 is 0 Å². The van der Waals surface area contributed by atoms with Gasteiger partial charge in [-0.25, -0.2) is 0 Å². The maximum atomic E-state index is 12.8. The Balaban J connectivity index is 1.82. The lowest BCUT2D eigenvalue weighted by Crippen LogP contribution is -2.14. The summed E-state index contributed by atoms with van der Waals surface area (Å²) >= 11 is 6.15. The summed E-state index contributed by atoms with van der Waals surface area (Å²) in [5.41, 5.74) is 3.91. The van der Waals surface area contributed by atoms with Crippen LogP contribution in [-0.2, 0) is 6.61 Å². The molecule has 0 heterocycles. The third kappa shape index (κ3) is 5.09. The van der Waals surface area contributed by atoms with E-state index in [1.807, 2.05) is 57.2 Å². The maximum Gasteiger partial charge on any atom is 0.255 e. The Labute approximate surface area is 176 Å². The zero-order valence-electron chi connectivity index (χ0n) is 16.8. The first-order valence-electron chi connectivity index (χ1n) is 9.50. The minimum atomic E-state index is -0.212. The number of hydrogen-bond donors (Lipinski definition) is 1. The fourth-order valence-electron chi connectivity index (χ4n) is 2.94. The molecule has 0 bridgehead atoms. The van der Waals surface area contributed by atoms with Crippen molar-refractivity contribution in [3.63, 3.8) is 0 Å². The predicted octanol–water partition coefficient (Wildman–Crippen LogP) is 6.19. The first-order chi connectivity index (χ1) is 14.0. The normalized spacial score (nSPS) is 10.5. The quantitative estimate of drug-likeness (QED) is 0.506. The van der Waals surface area contributed by atoms with Gasteiger partial charge in [0.1, 0.15) is 18.1 Å². The standard InChI is InChI=1S/C24H24ClNO3/c1-4-28-23-13-12-18(24(27)26-21-10-7-9-20(25)17(21)3)14-19(23)15-29-22-11-6-5-8-16(22)2/h5-14H,4,15H2,1-3H3,(H,26,27). The van der Waals surface area contributed by atoms with Crippen molar-refractivity contribution in [3.8, 4) is 11.5 Å². The zero-order chi connectivity index (χ0) is 20.8. The van der Waals surface area contributed by atoms with Crippen molar-refractivity contribution in [3.05, 3.63) is 87.9 Å². The van der Waals surface area contributed by atoms with E-state index in [1.54, 1.807) is 24.3 Å². The molecule has 0 saturated heterocycles. The highest BCUT2D eigenvalue weighted by Crippen LogP contribution is 2.26. The summed E-state index contributed by atoms with van der Waals surface area (Å²) in [5.74, 6) is 1.30. The van der Waals surface area contributed by atoms with Crippen molar-refractivity contribution in [1.82, 2.24) is 0 Å². The number of aryl methyl sites for hydroxylation is 1. The van der Waals surface area contributed by atoms with E-state index in [4.69, 9.17) is 21.1 Å². The van der Waals surface area contributed by atoms with Gasteiger partial charge >= 0.3 is 0 Å². The smallest absolute Gasteiger partial charge is 0.255 e. The van der Waals surface area contributed by atoms with E-state index in [0.717, 1.165) is 22.4 Å². The van der Waals surface area contributed by atoms with Crippen LogP contribution in [0.2, 0.25) is 5.02 Å². The SMILES string of the molecule is CCOc1ccc(C(=O)Nc2cccc(Cl)c2C)cc1COc1ccccc1C. The van der Waals surface area contributed by atoms with Crippen molar-refractivity contribution in [1.29, 1.82) is 0 Å². The highest BCUT2D eigenvalue weighted by atomic mass is 35.5. The molecule has 0 aliphatic heterocycles. The lowest BCUT2D eigenvalue weighted by molar-refractivity contribution is 0.102. The van der Waals surface area contributed by atoms with Gasteiger partial charge in [-0.2, -0.15) is 0 Å². The molecular weight excluding hydrogens is 386 g/mol. The van der Waals surface area contributed by atoms with Gasteiger partial charge in [0.15, 0.2) is 0 Å². The molecule has 0 aromatic heterocycles. The van der Waals surface area contributed by atoms with Gasteiger partial charge in [0, 0.05) is 21.8 Å². The highest BCUT2D eigenvalue weighted by Gasteiger charge is 2.13.